The van der Waals surface area contributed by atoms with E-state index in [0.717, 1.165) is 17.5 Å². The zero-order chi connectivity index (χ0) is 10.3. The summed E-state index contributed by atoms with van der Waals surface area (Å²) in [6.45, 7) is 1.96. The van der Waals surface area contributed by atoms with Crippen molar-refractivity contribution in [1.29, 1.82) is 0 Å². The molecule has 1 aromatic rings. The molecule has 2 unspecified atom stereocenters. The van der Waals surface area contributed by atoms with Gasteiger partial charge in [0, 0.05) is 24.1 Å². The average Bonchev–Trinajstić information content (AvgIpc) is 2.83. The van der Waals surface area contributed by atoms with Gasteiger partial charge < -0.3 is 5.73 Å². The Kier molecular flexibility index (Phi) is 2.00. The second-order valence-corrected chi connectivity index (χ2v) is 3.80. The molecule has 0 radical (unpaired) electrons. The van der Waals surface area contributed by atoms with Gasteiger partial charge in [-0.3, -0.25) is 10.1 Å². The van der Waals surface area contributed by atoms with Crippen molar-refractivity contribution in [1.82, 2.24) is 0 Å². The van der Waals surface area contributed by atoms with Crippen LogP contribution < -0.4 is 5.73 Å². The van der Waals surface area contributed by atoms with Gasteiger partial charge in [0.2, 0.25) is 0 Å². The lowest BCUT2D eigenvalue weighted by atomic mass is 10.0. The lowest BCUT2D eigenvalue weighted by Crippen LogP contribution is -2.02. The molecule has 0 bridgehead atoms. The van der Waals surface area contributed by atoms with Crippen LogP contribution in [0.25, 0.3) is 0 Å². The molecule has 14 heavy (non-hydrogen) atoms. The van der Waals surface area contributed by atoms with Crippen LogP contribution in [0.2, 0.25) is 0 Å². The van der Waals surface area contributed by atoms with Gasteiger partial charge in [-0.2, -0.15) is 0 Å². The third kappa shape index (κ3) is 1.48. The maximum atomic E-state index is 10.6. The summed E-state index contributed by atoms with van der Waals surface area (Å²) >= 11 is 0. The molecule has 2 N–H and O–H groups in total. The smallest absolute Gasteiger partial charge is 0.269 e. The topological polar surface area (TPSA) is 69.2 Å². The number of nitro benzene ring substituents is 1. The second kappa shape index (κ2) is 3.06. The molecule has 1 fully saturated rings. The van der Waals surface area contributed by atoms with Crippen LogP contribution >= 0.6 is 0 Å². The maximum absolute atomic E-state index is 10.6. The van der Waals surface area contributed by atoms with Crippen molar-refractivity contribution in [3.63, 3.8) is 0 Å². The van der Waals surface area contributed by atoms with Crippen LogP contribution in [0.3, 0.4) is 0 Å². The Bertz CT molecular complexity index is 390. The quantitative estimate of drug-likeness (QED) is 0.573. The number of nitrogens with zero attached hydrogens (tertiary/aromatic N) is 1. The molecule has 2 rings (SSSR count). The minimum Gasteiger partial charge on any atom is -0.327 e. The fourth-order valence-corrected chi connectivity index (χ4v) is 1.71. The number of hydrogen-bond donors (Lipinski definition) is 1. The molecule has 74 valence electrons. The van der Waals surface area contributed by atoms with Gasteiger partial charge in [0.05, 0.1) is 4.92 Å². The molecule has 4 heteroatoms. The largest absolute Gasteiger partial charge is 0.327 e. The summed E-state index contributed by atoms with van der Waals surface area (Å²) in [6.07, 6.45) is 0.946. The molecule has 0 amide bonds. The summed E-state index contributed by atoms with van der Waals surface area (Å²) in [7, 11) is 0. The highest BCUT2D eigenvalue weighted by Gasteiger charge is 2.36. The van der Waals surface area contributed by atoms with Crippen LogP contribution in [0.5, 0.6) is 0 Å². The molecule has 0 saturated heterocycles. The van der Waals surface area contributed by atoms with Gasteiger partial charge in [-0.25, -0.2) is 0 Å². The van der Waals surface area contributed by atoms with Gasteiger partial charge in [0.1, 0.15) is 0 Å². The van der Waals surface area contributed by atoms with E-state index < -0.39 is 0 Å². The minimum atomic E-state index is -0.364. The molecule has 1 saturated carbocycles. The summed E-state index contributed by atoms with van der Waals surface area (Å²) in [4.78, 5) is 10.2. The van der Waals surface area contributed by atoms with Gasteiger partial charge in [-0.15, -0.1) is 0 Å². The lowest BCUT2D eigenvalue weighted by Gasteiger charge is -2.03. The monoisotopic (exact) mass is 192 g/mol. The number of nitrogens with two attached hydrogens (primary N) is 1. The highest BCUT2D eigenvalue weighted by Crippen LogP contribution is 2.41. The summed E-state index contributed by atoms with van der Waals surface area (Å²) in [5.74, 6) is 0.329. The normalized spacial score (nSPS) is 24.7. The van der Waals surface area contributed by atoms with E-state index in [0.29, 0.717) is 5.92 Å². The van der Waals surface area contributed by atoms with Crippen LogP contribution in [0, 0.1) is 17.0 Å². The first-order valence-electron chi connectivity index (χ1n) is 4.60. The van der Waals surface area contributed by atoms with Gasteiger partial charge >= 0.3 is 0 Å². The van der Waals surface area contributed by atoms with Gasteiger partial charge in [-0.1, -0.05) is 6.07 Å². The average molecular weight is 192 g/mol. The van der Waals surface area contributed by atoms with Gasteiger partial charge in [-0.05, 0) is 24.5 Å². The standard InChI is InChI=1S/C10H12N2O2/c1-6-2-3-7(12(13)14)4-8(6)9-5-10(9)11/h2-4,9-10H,5,11H2,1H3. The van der Waals surface area contributed by atoms with E-state index in [9.17, 15) is 10.1 Å². The Hall–Kier alpha value is -1.42. The molecule has 0 aromatic heterocycles. The van der Waals surface area contributed by atoms with Crippen molar-refractivity contribution in [2.75, 3.05) is 0 Å². The van der Waals surface area contributed by atoms with Crippen molar-refractivity contribution < 1.29 is 4.92 Å². The fraction of sp³-hybridized carbons (Fsp3) is 0.400. The molecule has 2 atom stereocenters. The van der Waals surface area contributed by atoms with Crippen LogP contribution in [-0.4, -0.2) is 11.0 Å². The van der Waals surface area contributed by atoms with Crippen molar-refractivity contribution >= 4 is 5.69 Å². The maximum Gasteiger partial charge on any atom is 0.269 e. The van der Waals surface area contributed by atoms with E-state index >= 15 is 0 Å². The number of aryl methyl sites for hydroxylation is 1. The Labute approximate surface area is 81.9 Å². The highest BCUT2D eigenvalue weighted by atomic mass is 16.6. The van der Waals surface area contributed by atoms with Crippen LogP contribution in [0.15, 0.2) is 18.2 Å². The summed E-state index contributed by atoms with van der Waals surface area (Å²) in [5, 5.41) is 10.6. The van der Waals surface area contributed by atoms with Crippen LogP contribution in [0.4, 0.5) is 5.69 Å². The summed E-state index contributed by atoms with van der Waals surface area (Å²) in [6, 6.07) is 5.16. The summed E-state index contributed by atoms with van der Waals surface area (Å²) < 4.78 is 0. The van der Waals surface area contributed by atoms with E-state index in [1.807, 2.05) is 6.92 Å². The van der Waals surface area contributed by atoms with E-state index in [1.165, 1.54) is 6.07 Å². The zero-order valence-corrected chi connectivity index (χ0v) is 7.93. The molecule has 1 aromatic carbocycles. The fourth-order valence-electron chi connectivity index (χ4n) is 1.71. The number of hydrogen-bond acceptors (Lipinski definition) is 3. The first-order valence-corrected chi connectivity index (χ1v) is 4.60. The van der Waals surface area contributed by atoms with Crippen molar-refractivity contribution in [2.24, 2.45) is 5.73 Å². The van der Waals surface area contributed by atoms with Crippen molar-refractivity contribution in [3.8, 4) is 0 Å². The van der Waals surface area contributed by atoms with Gasteiger partial charge in [0.25, 0.3) is 5.69 Å². The molecular formula is C10H12N2O2. The third-order valence-electron chi connectivity index (χ3n) is 2.71. The lowest BCUT2D eigenvalue weighted by molar-refractivity contribution is -0.384. The number of nitro groups is 1. The predicted octanol–water partition coefficient (Wildman–Crippen LogP) is 1.72. The predicted molar refractivity (Wildman–Crippen MR) is 53.2 cm³/mol. The van der Waals surface area contributed by atoms with Crippen molar-refractivity contribution in [2.45, 2.75) is 25.3 Å². The third-order valence-corrected chi connectivity index (χ3v) is 2.71. The van der Waals surface area contributed by atoms with Crippen molar-refractivity contribution in [3.05, 3.63) is 39.4 Å². The molecule has 1 aliphatic carbocycles. The zero-order valence-electron chi connectivity index (χ0n) is 7.93. The Morgan fingerprint density at radius 1 is 1.57 bits per heavy atom. The Morgan fingerprint density at radius 2 is 2.21 bits per heavy atom. The van der Waals surface area contributed by atoms with E-state index in [-0.39, 0.29) is 16.7 Å². The van der Waals surface area contributed by atoms with E-state index in [1.54, 1.807) is 12.1 Å². The molecule has 0 heterocycles. The first kappa shape index (κ1) is 9.15. The Balaban J connectivity index is 2.38. The number of non-ortho nitro benzene ring substituents is 1. The Morgan fingerprint density at radius 3 is 2.71 bits per heavy atom. The van der Waals surface area contributed by atoms with E-state index in [2.05, 4.69) is 0 Å². The number of rotatable bonds is 2. The molecule has 0 spiro atoms. The highest BCUT2D eigenvalue weighted by molar-refractivity contribution is 5.43. The summed E-state index contributed by atoms with van der Waals surface area (Å²) in [5.41, 5.74) is 8.01. The van der Waals surface area contributed by atoms with Gasteiger partial charge in [0.15, 0.2) is 0 Å². The number of benzene rings is 1. The van der Waals surface area contributed by atoms with E-state index in [4.69, 9.17) is 5.73 Å². The van der Waals surface area contributed by atoms with Crippen LogP contribution in [0.1, 0.15) is 23.5 Å². The van der Waals surface area contributed by atoms with Crippen LogP contribution in [-0.2, 0) is 0 Å². The molecule has 1 aliphatic rings. The molecule has 0 aliphatic heterocycles. The second-order valence-electron chi connectivity index (χ2n) is 3.80. The minimum absolute atomic E-state index is 0.157. The molecule has 4 nitrogen and oxygen atoms in total. The first-order chi connectivity index (χ1) is 6.59. The SMILES string of the molecule is Cc1ccc([N+](=O)[O-])cc1C1CC1N. The molecular weight excluding hydrogens is 180 g/mol.